The van der Waals surface area contributed by atoms with Crippen LogP contribution < -0.4 is 10.2 Å². The molecule has 2 unspecified atom stereocenters. The molecule has 0 aliphatic carbocycles. The monoisotopic (exact) mass is 236 g/mol. The molecule has 2 heterocycles. The van der Waals surface area contributed by atoms with E-state index in [-0.39, 0.29) is 6.10 Å². The smallest absolute Gasteiger partial charge is 0.149 e. The lowest BCUT2D eigenvalue weighted by Gasteiger charge is -2.18. The Bertz CT molecular complexity index is 369. The number of aliphatic hydroxyl groups excluding tert-OH is 1. The van der Waals surface area contributed by atoms with Crippen LogP contribution in [0.25, 0.3) is 0 Å². The van der Waals surface area contributed by atoms with Gasteiger partial charge in [0.1, 0.15) is 11.6 Å². The van der Waals surface area contributed by atoms with Crippen molar-refractivity contribution in [3.8, 4) is 0 Å². The van der Waals surface area contributed by atoms with Gasteiger partial charge < -0.3 is 15.3 Å². The lowest BCUT2D eigenvalue weighted by atomic mass is 10.0. The van der Waals surface area contributed by atoms with Crippen molar-refractivity contribution < 1.29 is 5.11 Å². The summed E-state index contributed by atoms with van der Waals surface area (Å²) in [5, 5.41) is 12.7. The van der Waals surface area contributed by atoms with Crippen LogP contribution in [0.1, 0.15) is 20.3 Å². The molecular weight excluding hydrogens is 216 g/mol. The van der Waals surface area contributed by atoms with E-state index in [0.717, 1.165) is 37.7 Å². The summed E-state index contributed by atoms with van der Waals surface area (Å²) in [5.74, 6) is 2.05. The Morgan fingerprint density at radius 3 is 3.06 bits per heavy atom. The first-order valence-corrected chi connectivity index (χ1v) is 6.19. The molecule has 94 valence electrons. The van der Waals surface area contributed by atoms with Crippen molar-refractivity contribution in [2.24, 2.45) is 5.92 Å². The van der Waals surface area contributed by atoms with Crippen LogP contribution in [0.5, 0.6) is 0 Å². The molecule has 0 aromatic carbocycles. The fourth-order valence-corrected chi connectivity index (χ4v) is 2.16. The molecule has 0 amide bonds. The van der Waals surface area contributed by atoms with Gasteiger partial charge in [0.2, 0.25) is 0 Å². The Balaban J connectivity index is 2.05. The Hall–Kier alpha value is -1.36. The summed E-state index contributed by atoms with van der Waals surface area (Å²) in [7, 11) is 0. The maximum atomic E-state index is 9.58. The van der Waals surface area contributed by atoms with E-state index in [0.29, 0.717) is 5.92 Å². The van der Waals surface area contributed by atoms with Crippen molar-refractivity contribution in [1.82, 2.24) is 9.97 Å². The summed E-state index contributed by atoms with van der Waals surface area (Å²) in [6.07, 6.45) is 4.29. The molecule has 0 bridgehead atoms. The number of nitrogens with one attached hydrogen (secondary N) is 1. The molecule has 1 saturated heterocycles. The van der Waals surface area contributed by atoms with Gasteiger partial charge in [0.15, 0.2) is 0 Å². The molecule has 0 saturated carbocycles. The van der Waals surface area contributed by atoms with Gasteiger partial charge in [0.25, 0.3) is 0 Å². The molecule has 17 heavy (non-hydrogen) atoms. The maximum absolute atomic E-state index is 9.58. The molecule has 1 aromatic rings. The first-order valence-electron chi connectivity index (χ1n) is 6.19. The second kappa shape index (κ2) is 5.31. The Labute approximate surface area is 102 Å². The summed E-state index contributed by atoms with van der Waals surface area (Å²) >= 11 is 0. The number of nitrogens with zero attached hydrogens (tertiary/aromatic N) is 3. The molecule has 0 spiro atoms. The van der Waals surface area contributed by atoms with E-state index < -0.39 is 0 Å². The zero-order valence-corrected chi connectivity index (χ0v) is 10.4. The van der Waals surface area contributed by atoms with Gasteiger partial charge in [-0.05, 0) is 20.3 Å². The van der Waals surface area contributed by atoms with E-state index in [9.17, 15) is 5.11 Å². The first kappa shape index (κ1) is 12.1. The van der Waals surface area contributed by atoms with E-state index >= 15 is 0 Å². The van der Waals surface area contributed by atoms with Crippen LogP contribution in [0.2, 0.25) is 0 Å². The molecule has 2 rings (SSSR count). The molecule has 1 aromatic heterocycles. The van der Waals surface area contributed by atoms with Crippen LogP contribution >= 0.6 is 0 Å². The highest BCUT2D eigenvalue weighted by Gasteiger charge is 2.26. The van der Waals surface area contributed by atoms with Crippen molar-refractivity contribution in [1.29, 1.82) is 0 Å². The molecule has 1 aliphatic rings. The summed E-state index contributed by atoms with van der Waals surface area (Å²) in [6.45, 7) is 6.54. The molecule has 2 atom stereocenters. The molecular formula is C12H20N4O. The third-order valence-corrected chi connectivity index (χ3v) is 3.21. The van der Waals surface area contributed by atoms with Gasteiger partial charge in [0, 0.05) is 25.6 Å². The SMILES string of the molecule is CCNc1cncc(N2CCC(C(C)O)C2)n1. The maximum Gasteiger partial charge on any atom is 0.149 e. The third-order valence-electron chi connectivity index (χ3n) is 3.21. The molecule has 0 radical (unpaired) electrons. The second-order valence-corrected chi connectivity index (χ2v) is 4.53. The Morgan fingerprint density at radius 1 is 1.59 bits per heavy atom. The van der Waals surface area contributed by atoms with Crippen LogP contribution in [0.4, 0.5) is 11.6 Å². The van der Waals surface area contributed by atoms with Crippen LogP contribution in [0, 0.1) is 5.92 Å². The molecule has 1 aliphatic heterocycles. The van der Waals surface area contributed by atoms with E-state index in [1.165, 1.54) is 0 Å². The van der Waals surface area contributed by atoms with Crippen molar-refractivity contribution in [3.05, 3.63) is 12.4 Å². The summed E-state index contributed by atoms with van der Waals surface area (Å²) in [5.41, 5.74) is 0. The van der Waals surface area contributed by atoms with Crippen LogP contribution in [-0.4, -0.2) is 40.8 Å². The Morgan fingerprint density at radius 2 is 2.41 bits per heavy atom. The van der Waals surface area contributed by atoms with Gasteiger partial charge in [-0.3, -0.25) is 4.98 Å². The summed E-state index contributed by atoms with van der Waals surface area (Å²) in [4.78, 5) is 10.9. The van der Waals surface area contributed by atoms with Crippen molar-refractivity contribution in [2.75, 3.05) is 29.9 Å². The zero-order valence-electron chi connectivity index (χ0n) is 10.4. The largest absolute Gasteiger partial charge is 0.393 e. The number of rotatable bonds is 4. The minimum atomic E-state index is -0.245. The fraction of sp³-hybridized carbons (Fsp3) is 0.667. The number of aliphatic hydroxyl groups is 1. The van der Waals surface area contributed by atoms with E-state index in [1.807, 2.05) is 13.8 Å². The predicted molar refractivity (Wildman–Crippen MR) is 68.2 cm³/mol. The number of hydrogen-bond acceptors (Lipinski definition) is 5. The highest BCUT2D eigenvalue weighted by atomic mass is 16.3. The highest BCUT2D eigenvalue weighted by Crippen LogP contribution is 2.24. The predicted octanol–water partition coefficient (Wildman–Crippen LogP) is 1.12. The highest BCUT2D eigenvalue weighted by molar-refractivity contribution is 5.44. The number of aromatic nitrogens is 2. The average Bonchev–Trinajstić information content (AvgIpc) is 2.79. The quantitative estimate of drug-likeness (QED) is 0.820. The van der Waals surface area contributed by atoms with Gasteiger partial charge in [-0.2, -0.15) is 0 Å². The summed E-state index contributed by atoms with van der Waals surface area (Å²) < 4.78 is 0. The number of anilines is 2. The summed E-state index contributed by atoms with van der Waals surface area (Å²) in [6, 6.07) is 0. The first-order chi connectivity index (χ1) is 8.20. The van der Waals surface area contributed by atoms with Crippen LogP contribution in [0.15, 0.2) is 12.4 Å². The molecule has 5 heteroatoms. The van der Waals surface area contributed by atoms with Gasteiger partial charge in [-0.1, -0.05) is 0 Å². The zero-order chi connectivity index (χ0) is 12.3. The lowest BCUT2D eigenvalue weighted by molar-refractivity contribution is 0.136. The number of hydrogen-bond donors (Lipinski definition) is 2. The van der Waals surface area contributed by atoms with Gasteiger partial charge in [-0.15, -0.1) is 0 Å². The van der Waals surface area contributed by atoms with Crippen LogP contribution in [0.3, 0.4) is 0 Å². The third kappa shape index (κ3) is 2.85. The van der Waals surface area contributed by atoms with E-state index in [4.69, 9.17) is 0 Å². The van der Waals surface area contributed by atoms with Crippen molar-refractivity contribution in [3.63, 3.8) is 0 Å². The molecule has 2 N–H and O–H groups in total. The average molecular weight is 236 g/mol. The van der Waals surface area contributed by atoms with Gasteiger partial charge in [-0.25, -0.2) is 4.98 Å². The topological polar surface area (TPSA) is 61.3 Å². The second-order valence-electron chi connectivity index (χ2n) is 4.53. The van der Waals surface area contributed by atoms with E-state index in [1.54, 1.807) is 12.4 Å². The van der Waals surface area contributed by atoms with Crippen LogP contribution in [-0.2, 0) is 0 Å². The van der Waals surface area contributed by atoms with Crippen molar-refractivity contribution >= 4 is 11.6 Å². The Kier molecular flexibility index (Phi) is 3.78. The molecule has 5 nitrogen and oxygen atoms in total. The van der Waals surface area contributed by atoms with E-state index in [2.05, 4.69) is 20.2 Å². The van der Waals surface area contributed by atoms with Gasteiger partial charge >= 0.3 is 0 Å². The standard InChI is InChI=1S/C12H20N4O/c1-3-14-11-6-13-7-12(15-11)16-5-4-10(8-16)9(2)17/h6-7,9-10,17H,3-5,8H2,1-2H3,(H,14,15). The van der Waals surface area contributed by atoms with Gasteiger partial charge in [0.05, 0.1) is 18.5 Å². The minimum Gasteiger partial charge on any atom is -0.393 e. The fourth-order valence-electron chi connectivity index (χ4n) is 2.16. The molecule has 1 fully saturated rings. The normalized spacial score (nSPS) is 21.6. The lowest BCUT2D eigenvalue weighted by Crippen LogP contribution is -2.24. The minimum absolute atomic E-state index is 0.245. The van der Waals surface area contributed by atoms with Crippen molar-refractivity contribution in [2.45, 2.75) is 26.4 Å².